The highest BCUT2D eigenvalue weighted by molar-refractivity contribution is 7.07. The predicted octanol–water partition coefficient (Wildman–Crippen LogP) is 0.658. The van der Waals surface area contributed by atoms with Gasteiger partial charge in [0.15, 0.2) is 0 Å². The summed E-state index contributed by atoms with van der Waals surface area (Å²) in [7, 11) is 0. The van der Waals surface area contributed by atoms with Gasteiger partial charge < -0.3 is 10.4 Å². The average Bonchev–Trinajstić information content (AvgIpc) is 2.77. The Morgan fingerprint density at radius 1 is 1.69 bits per heavy atom. The SMILES string of the molecule is OCC1(Cc2cscn2)CCNC1. The van der Waals surface area contributed by atoms with Gasteiger partial charge in [0, 0.05) is 17.3 Å². The topological polar surface area (TPSA) is 45.2 Å². The fourth-order valence-corrected chi connectivity index (χ4v) is 2.40. The predicted molar refractivity (Wildman–Crippen MR) is 52.8 cm³/mol. The maximum Gasteiger partial charge on any atom is 0.0794 e. The highest BCUT2D eigenvalue weighted by Gasteiger charge is 2.33. The molecule has 1 unspecified atom stereocenters. The average molecular weight is 198 g/mol. The quantitative estimate of drug-likeness (QED) is 0.750. The Morgan fingerprint density at radius 2 is 2.62 bits per heavy atom. The van der Waals surface area contributed by atoms with Crippen LogP contribution in [0.1, 0.15) is 12.1 Å². The molecule has 0 bridgehead atoms. The zero-order valence-electron chi connectivity index (χ0n) is 7.49. The summed E-state index contributed by atoms with van der Waals surface area (Å²) in [5.41, 5.74) is 3.01. The molecule has 1 aromatic rings. The third-order valence-electron chi connectivity index (χ3n) is 2.71. The third-order valence-corrected chi connectivity index (χ3v) is 3.34. The van der Waals surface area contributed by atoms with E-state index in [1.807, 2.05) is 5.51 Å². The molecule has 1 aromatic heterocycles. The van der Waals surface area contributed by atoms with Gasteiger partial charge in [-0.15, -0.1) is 11.3 Å². The molecule has 0 amide bonds. The molecule has 0 spiro atoms. The second-order valence-electron chi connectivity index (χ2n) is 3.74. The number of hydrogen-bond acceptors (Lipinski definition) is 4. The van der Waals surface area contributed by atoms with Crippen LogP contribution in [-0.2, 0) is 6.42 Å². The van der Waals surface area contributed by atoms with E-state index in [1.54, 1.807) is 11.3 Å². The summed E-state index contributed by atoms with van der Waals surface area (Å²) < 4.78 is 0. The molecular formula is C9H14N2OS. The van der Waals surface area contributed by atoms with Crippen molar-refractivity contribution >= 4 is 11.3 Å². The zero-order valence-corrected chi connectivity index (χ0v) is 8.31. The van der Waals surface area contributed by atoms with Crippen molar-refractivity contribution < 1.29 is 5.11 Å². The zero-order chi connectivity index (χ0) is 9.15. The van der Waals surface area contributed by atoms with E-state index < -0.39 is 0 Å². The van der Waals surface area contributed by atoms with Gasteiger partial charge in [-0.2, -0.15) is 0 Å². The largest absolute Gasteiger partial charge is 0.396 e. The van der Waals surface area contributed by atoms with Crippen molar-refractivity contribution in [3.8, 4) is 0 Å². The number of rotatable bonds is 3. The lowest BCUT2D eigenvalue weighted by Crippen LogP contribution is -2.30. The van der Waals surface area contributed by atoms with Crippen molar-refractivity contribution in [2.24, 2.45) is 5.41 Å². The van der Waals surface area contributed by atoms with Crippen LogP contribution in [0.25, 0.3) is 0 Å². The summed E-state index contributed by atoms with van der Waals surface area (Å²) in [6.07, 6.45) is 1.96. The molecule has 2 N–H and O–H groups in total. The molecule has 13 heavy (non-hydrogen) atoms. The van der Waals surface area contributed by atoms with Crippen LogP contribution in [0.15, 0.2) is 10.9 Å². The first-order valence-corrected chi connectivity index (χ1v) is 5.48. The second-order valence-corrected chi connectivity index (χ2v) is 4.46. The van der Waals surface area contributed by atoms with Crippen LogP contribution in [-0.4, -0.2) is 29.8 Å². The van der Waals surface area contributed by atoms with Gasteiger partial charge in [0.25, 0.3) is 0 Å². The number of aliphatic hydroxyl groups is 1. The van der Waals surface area contributed by atoms with Crippen LogP contribution >= 0.6 is 11.3 Å². The van der Waals surface area contributed by atoms with Gasteiger partial charge in [0.05, 0.1) is 17.8 Å². The second kappa shape index (κ2) is 3.74. The Labute approximate surface area is 81.8 Å². The lowest BCUT2D eigenvalue weighted by atomic mass is 9.83. The lowest BCUT2D eigenvalue weighted by Gasteiger charge is -2.24. The van der Waals surface area contributed by atoms with E-state index in [0.717, 1.165) is 31.6 Å². The van der Waals surface area contributed by atoms with Gasteiger partial charge in [-0.1, -0.05) is 0 Å². The molecule has 1 fully saturated rings. The molecule has 2 rings (SSSR count). The number of aromatic nitrogens is 1. The summed E-state index contributed by atoms with van der Waals surface area (Å²) in [6.45, 7) is 2.20. The third kappa shape index (κ3) is 1.90. The fraction of sp³-hybridized carbons (Fsp3) is 0.667. The van der Waals surface area contributed by atoms with E-state index in [4.69, 9.17) is 0 Å². The summed E-state index contributed by atoms with van der Waals surface area (Å²) in [6, 6.07) is 0. The van der Waals surface area contributed by atoms with Gasteiger partial charge in [-0.3, -0.25) is 0 Å². The number of aliphatic hydroxyl groups excluding tert-OH is 1. The molecule has 3 nitrogen and oxygen atoms in total. The van der Waals surface area contributed by atoms with Gasteiger partial charge in [0.1, 0.15) is 0 Å². The maximum atomic E-state index is 9.35. The van der Waals surface area contributed by atoms with Gasteiger partial charge >= 0.3 is 0 Å². The monoisotopic (exact) mass is 198 g/mol. The van der Waals surface area contributed by atoms with Gasteiger partial charge in [-0.05, 0) is 19.4 Å². The number of thiazole rings is 1. The number of hydrogen-bond donors (Lipinski definition) is 2. The smallest absolute Gasteiger partial charge is 0.0794 e. The van der Waals surface area contributed by atoms with Crippen molar-refractivity contribution in [3.05, 3.63) is 16.6 Å². The summed E-state index contributed by atoms with van der Waals surface area (Å²) in [5.74, 6) is 0. The highest BCUT2D eigenvalue weighted by atomic mass is 32.1. The van der Waals surface area contributed by atoms with E-state index in [1.165, 1.54) is 0 Å². The minimum Gasteiger partial charge on any atom is -0.396 e. The molecule has 0 aromatic carbocycles. The van der Waals surface area contributed by atoms with E-state index in [-0.39, 0.29) is 12.0 Å². The first kappa shape index (κ1) is 9.12. The van der Waals surface area contributed by atoms with E-state index >= 15 is 0 Å². The Kier molecular flexibility index (Phi) is 2.62. The number of nitrogens with one attached hydrogen (secondary N) is 1. The molecule has 4 heteroatoms. The standard InChI is InChI=1S/C9H14N2OS/c12-6-9(1-2-10-5-9)3-8-4-13-7-11-8/h4,7,10,12H,1-3,5-6H2. The molecule has 0 radical (unpaired) electrons. The van der Waals surface area contributed by atoms with Crippen molar-refractivity contribution in [1.29, 1.82) is 0 Å². The summed E-state index contributed by atoms with van der Waals surface area (Å²) >= 11 is 1.62. The van der Waals surface area contributed by atoms with Crippen LogP contribution in [0, 0.1) is 5.41 Å². The lowest BCUT2D eigenvalue weighted by molar-refractivity contribution is 0.142. The van der Waals surface area contributed by atoms with Crippen molar-refractivity contribution in [2.75, 3.05) is 19.7 Å². The summed E-state index contributed by atoms with van der Waals surface area (Å²) in [4.78, 5) is 4.25. The molecule has 0 saturated carbocycles. The van der Waals surface area contributed by atoms with Crippen molar-refractivity contribution in [1.82, 2.24) is 10.3 Å². The molecule has 72 valence electrons. The fourth-order valence-electron chi connectivity index (χ4n) is 1.85. The molecule has 1 saturated heterocycles. The van der Waals surface area contributed by atoms with Crippen LogP contribution in [0.3, 0.4) is 0 Å². The first-order chi connectivity index (χ1) is 6.35. The first-order valence-electron chi connectivity index (χ1n) is 4.53. The maximum absolute atomic E-state index is 9.35. The minimum absolute atomic E-state index is 0.0497. The summed E-state index contributed by atoms with van der Waals surface area (Å²) in [5, 5.41) is 14.7. The molecule has 2 heterocycles. The Hall–Kier alpha value is -0.450. The van der Waals surface area contributed by atoms with Crippen LogP contribution in [0.2, 0.25) is 0 Å². The van der Waals surface area contributed by atoms with E-state index in [9.17, 15) is 5.11 Å². The number of nitrogens with zero attached hydrogens (tertiary/aromatic N) is 1. The molecule has 1 aliphatic rings. The molecule has 1 aliphatic heterocycles. The minimum atomic E-state index is 0.0497. The normalized spacial score (nSPS) is 28.1. The molecule has 0 aliphatic carbocycles. The van der Waals surface area contributed by atoms with Crippen LogP contribution < -0.4 is 5.32 Å². The Balaban J connectivity index is 2.06. The molecular weight excluding hydrogens is 184 g/mol. The van der Waals surface area contributed by atoms with Crippen LogP contribution in [0.5, 0.6) is 0 Å². The van der Waals surface area contributed by atoms with Gasteiger partial charge in [-0.25, -0.2) is 4.98 Å². The van der Waals surface area contributed by atoms with E-state index in [2.05, 4.69) is 15.7 Å². The Bertz CT molecular complexity index is 255. The molecule has 1 atom stereocenters. The van der Waals surface area contributed by atoms with Crippen molar-refractivity contribution in [2.45, 2.75) is 12.8 Å². The van der Waals surface area contributed by atoms with E-state index in [0.29, 0.717) is 0 Å². The van der Waals surface area contributed by atoms with Crippen molar-refractivity contribution in [3.63, 3.8) is 0 Å². The Morgan fingerprint density at radius 3 is 3.15 bits per heavy atom. The van der Waals surface area contributed by atoms with Gasteiger partial charge in [0.2, 0.25) is 0 Å². The highest BCUT2D eigenvalue weighted by Crippen LogP contribution is 2.29. The van der Waals surface area contributed by atoms with Crippen LogP contribution in [0.4, 0.5) is 0 Å².